The van der Waals surface area contributed by atoms with E-state index in [1.807, 2.05) is 6.07 Å². The van der Waals surface area contributed by atoms with Crippen LogP contribution >= 0.6 is 12.2 Å². The van der Waals surface area contributed by atoms with E-state index in [0.29, 0.717) is 22.4 Å². The van der Waals surface area contributed by atoms with Crippen molar-refractivity contribution < 1.29 is 8.78 Å². The van der Waals surface area contributed by atoms with Crippen molar-refractivity contribution in [3.8, 4) is 6.07 Å². The fraction of sp³-hybridized carbons (Fsp3) is 0.0667. The summed E-state index contributed by atoms with van der Waals surface area (Å²) in [5, 5.41) is 8.77. The van der Waals surface area contributed by atoms with E-state index in [4.69, 9.17) is 17.5 Å². The molecule has 0 radical (unpaired) electrons. The highest BCUT2D eigenvalue weighted by Gasteiger charge is 2.11. The zero-order valence-electron chi connectivity index (χ0n) is 10.7. The lowest BCUT2D eigenvalue weighted by atomic mass is 10.1. The van der Waals surface area contributed by atoms with Gasteiger partial charge in [-0.2, -0.15) is 5.26 Å². The Kier molecular flexibility index (Phi) is 3.28. The van der Waals surface area contributed by atoms with E-state index in [1.165, 1.54) is 6.07 Å². The predicted molar refractivity (Wildman–Crippen MR) is 77.3 cm³/mol. The van der Waals surface area contributed by atoms with Crippen LogP contribution in [0.1, 0.15) is 11.1 Å². The van der Waals surface area contributed by atoms with Crippen molar-refractivity contribution >= 4 is 23.3 Å². The standard InChI is InChI=1S/C15H9F2N3S/c16-11-5-12(17)14-13(6-11)20(15(21)19-14)8-10-3-1-9(7-18)2-4-10/h1-6H,8H2,(H,19,21). The third-order valence-electron chi connectivity index (χ3n) is 3.23. The van der Waals surface area contributed by atoms with Crippen molar-refractivity contribution in [3.05, 3.63) is 63.9 Å². The smallest absolute Gasteiger partial charge is 0.178 e. The van der Waals surface area contributed by atoms with E-state index in [1.54, 1.807) is 28.8 Å². The average molecular weight is 301 g/mol. The van der Waals surface area contributed by atoms with Crippen LogP contribution in [0.4, 0.5) is 8.78 Å². The lowest BCUT2D eigenvalue weighted by Crippen LogP contribution is -2.00. The number of aromatic nitrogens is 2. The van der Waals surface area contributed by atoms with Gasteiger partial charge in [-0.05, 0) is 36.0 Å². The van der Waals surface area contributed by atoms with Crippen LogP contribution in [0.3, 0.4) is 0 Å². The molecule has 0 aliphatic carbocycles. The van der Waals surface area contributed by atoms with Crippen LogP contribution in [-0.4, -0.2) is 9.55 Å². The van der Waals surface area contributed by atoms with Crippen molar-refractivity contribution in [2.75, 3.05) is 0 Å². The summed E-state index contributed by atoms with van der Waals surface area (Å²) in [4.78, 5) is 2.75. The molecule has 0 bridgehead atoms. The van der Waals surface area contributed by atoms with Gasteiger partial charge in [0.2, 0.25) is 0 Å². The largest absolute Gasteiger partial charge is 0.328 e. The first-order valence-electron chi connectivity index (χ1n) is 6.15. The van der Waals surface area contributed by atoms with Crippen LogP contribution in [0.25, 0.3) is 11.0 Å². The van der Waals surface area contributed by atoms with Crippen LogP contribution in [0.15, 0.2) is 36.4 Å². The summed E-state index contributed by atoms with van der Waals surface area (Å²) in [5.41, 5.74) is 2.01. The van der Waals surface area contributed by atoms with E-state index in [9.17, 15) is 8.78 Å². The highest BCUT2D eigenvalue weighted by Crippen LogP contribution is 2.20. The maximum absolute atomic E-state index is 13.7. The van der Waals surface area contributed by atoms with Gasteiger partial charge in [0.25, 0.3) is 0 Å². The van der Waals surface area contributed by atoms with E-state index < -0.39 is 11.6 Å². The molecule has 3 rings (SSSR count). The summed E-state index contributed by atoms with van der Waals surface area (Å²) < 4.78 is 29.0. The first kappa shape index (κ1) is 13.5. The van der Waals surface area contributed by atoms with Crippen LogP contribution in [-0.2, 0) is 6.54 Å². The molecule has 2 aromatic carbocycles. The molecule has 1 aromatic heterocycles. The zero-order chi connectivity index (χ0) is 15.0. The Morgan fingerprint density at radius 3 is 2.57 bits per heavy atom. The van der Waals surface area contributed by atoms with Crippen LogP contribution < -0.4 is 0 Å². The maximum atomic E-state index is 13.7. The molecule has 0 saturated heterocycles. The number of hydrogen-bond donors (Lipinski definition) is 1. The third-order valence-corrected chi connectivity index (χ3v) is 3.55. The number of aromatic amines is 1. The highest BCUT2D eigenvalue weighted by atomic mass is 32.1. The average Bonchev–Trinajstić information content (AvgIpc) is 2.77. The number of rotatable bonds is 2. The molecule has 3 nitrogen and oxygen atoms in total. The van der Waals surface area contributed by atoms with Gasteiger partial charge in [-0.25, -0.2) is 8.78 Å². The summed E-state index contributed by atoms with van der Waals surface area (Å²) in [7, 11) is 0. The van der Waals surface area contributed by atoms with Crippen molar-refractivity contribution in [1.29, 1.82) is 5.26 Å². The molecular formula is C15H9F2N3S. The highest BCUT2D eigenvalue weighted by molar-refractivity contribution is 7.71. The van der Waals surface area contributed by atoms with Crippen LogP contribution in [0.5, 0.6) is 0 Å². The van der Waals surface area contributed by atoms with Gasteiger partial charge in [-0.15, -0.1) is 0 Å². The molecule has 0 spiro atoms. The second-order valence-corrected chi connectivity index (χ2v) is 4.99. The Morgan fingerprint density at radius 2 is 1.90 bits per heavy atom. The molecule has 0 unspecified atom stereocenters. The molecule has 0 saturated carbocycles. The van der Waals surface area contributed by atoms with Gasteiger partial charge in [0.15, 0.2) is 10.6 Å². The number of hydrogen-bond acceptors (Lipinski definition) is 2. The molecule has 0 aliphatic heterocycles. The predicted octanol–water partition coefficient (Wildman–Crippen LogP) is 3.90. The van der Waals surface area contributed by atoms with Crippen LogP contribution in [0.2, 0.25) is 0 Å². The van der Waals surface area contributed by atoms with E-state index in [-0.39, 0.29) is 5.52 Å². The molecule has 1 N–H and O–H groups in total. The Hall–Kier alpha value is -2.52. The number of fused-ring (bicyclic) bond motifs is 1. The molecule has 0 aliphatic rings. The van der Waals surface area contributed by atoms with E-state index in [0.717, 1.165) is 11.6 Å². The summed E-state index contributed by atoms with van der Waals surface area (Å²) in [6.07, 6.45) is 0. The van der Waals surface area contributed by atoms with E-state index >= 15 is 0 Å². The van der Waals surface area contributed by atoms with Gasteiger partial charge in [-0.3, -0.25) is 0 Å². The molecule has 6 heteroatoms. The fourth-order valence-corrected chi connectivity index (χ4v) is 2.47. The molecular weight excluding hydrogens is 292 g/mol. The van der Waals surface area contributed by atoms with Gasteiger partial charge in [0.1, 0.15) is 11.3 Å². The Labute approximate surface area is 124 Å². The first-order valence-corrected chi connectivity index (χ1v) is 6.56. The molecule has 0 atom stereocenters. The summed E-state index contributed by atoms with van der Waals surface area (Å²) in [6.45, 7) is 0.368. The molecule has 3 aromatic rings. The zero-order valence-corrected chi connectivity index (χ0v) is 11.5. The van der Waals surface area contributed by atoms with Crippen molar-refractivity contribution in [2.24, 2.45) is 0 Å². The number of halogens is 2. The maximum Gasteiger partial charge on any atom is 0.178 e. The normalized spacial score (nSPS) is 10.7. The summed E-state index contributed by atoms with van der Waals surface area (Å²) in [6, 6.07) is 11.1. The summed E-state index contributed by atoms with van der Waals surface area (Å²) >= 11 is 5.17. The fourth-order valence-electron chi connectivity index (χ4n) is 2.20. The molecule has 1 heterocycles. The minimum absolute atomic E-state index is 0.190. The summed E-state index contributed by atoms with van der Waals surface area (Å²) in [5.74, 6) is -1.32. The van der Waals surface area contributed by atoms with Crippen molar-refractivity contribution in [1.82, 2.24) is 9.55 Å². The minimum atomic E-state index is -0.672. The molecule has 0 fully saturated rings. The number of nitrogens with zero attached hydrogens (tertiary/aromatic N) is 2. The second-order valence-electron chi connectivity index (χ2n) is 4.61. The van der Waals surface area contributed by atoms with Gasteiger partial charge in [-0.1, -0.05) is 12.1 Å². The minimum Gasteiger partial charge on any atom is -0.328 e. The van der Waals surface area contributed by atoms with E-state index in [2.05, 4.69) is 4.98 Å². The molecule has 21 heavy (non-hydrogen) atoms. The molecule has 0 amide bonds. The number of nitriles is 1. The monoisotopic (exact) mass is 301 g/mol. The lowest BCUT2D eigenvalue weighted by molar-refractivity contribution is 0.590. The quantitative estimate of drug-likeness (QED) is 0.730. The van der Waals surface area contributed by atoms with Crippen molar-refractivity contribution in [2.45, 2.75) is 6.54 Å². The van der Waals surface area contributed by atoms with Gasteiger partial charge in [0, 0.05) is 6.07 Å². The second kappa shape index (κ2) is 5.11. The molecule has 104 valence electrons. The Balaban J connectivity index is 2.10. The lowest BCUT2D eigenvalue weighted by Gasteiger charge is -2.05. The van der Waals surface area contributed by atoms with Gasteiger partial charge >= 0.3 is 0 Å². The third kappa shape index (κ3) is 2.43. The van der Waals surface area contributed by atoms with Crippen molar-refractivity contribution in [3.63, 3.8) is 0 Å². The number of nitrogens with one attached hydrogen (secondary N) is 1. The van der Waals surface area contributed by atoms with Gasteiger partial charge in [0.05, 0.1) is 23.7 Å². The number of imidazole rings is 1. The number of benzene rings is 2. The first-order chi connectivity index (χ1) is 10.1. The number of H-pyrrole nitrogens is 1. The van der Waals surface area contributed by atoms with Gasteiger partial charge < -0.3 is 9.55 Å². The Bertz CT molecular complexity index is 917. The van der Waals surface area contributed by atoms with Crippen LogP contribution in [0, 0.1) is 27.7 Å². The topological polar surface area (TPSA) is 44.5 Å². The Morgan fingerprint density at radius 1 is 1.19 bits per heavy atom. The SMILES string of the molecule is N#Cc1ccc(Cn2c(=S)[nH]c3c(F)cc(F)cc32)cc1.